The molecule has 1 unspecified atom stereocenters. The molecule has 0 aliphatic rings. The van der Waals surface area contributed by atoms with Gasteiger partial charge in [0.2, 0.25) is 0 Å². The molecular weight excluding hydrogens is 337 g/mol. The topological polar surface area (TPSA) is 67.7 Å². The molecule has 5 nitrogen and oxygen atoms in total. The molecule has 3 heterocycles. The fraction of sp³-hybridized carbons (Fsp3) is 0.143. The first-order chi connectivity index (χ1) is 10.8. The molecule has 1 atom stereocenters. The summed E-state index contributed by atoms with van der Waals surface area (Å²) in [5, 5.41) is 8.59. The number of alkyl halides is 3. The van der Waals surface area contributed by atoms with Gasteiger partial charge in [-0.3, -0.25) is 4.40 Å². The molecule has 0 bridgehead atoms. The third-order valence-electron chi connectivity index (χ3n) is 3.30. The molecule has 9 heteroatoms. The van der Waals surface area contributed by atoms with Crippen molar-refractivity contribution in [3.63, 3.8) is 0 Å². The van der Waals surface area contributed by atoms with Crippen LogP contribution in [0.3, 0.4) is 0 Å². The number of rotatable bonds is 4. The number of nitrogens with zero attached hydrogens (tertiary/aromatic N) is 2. The van der Waals surface area contributed by atoms with Crippen molar-refractivity contribution in [2.24, 2.45) is 0 Å². The van der Waals surface area contributed by atoms with Gasteiger partial charge in [-0.2, -0.15) is 8.78 Å². The molecule has 0 saturated carbocycles. The lowest BCUT2D eigenvalue weighted by molar-refractivity contribution is -0.0814. The standard InChI is InChI=1S/C14H8ClF3N2O3/c15-12-10(13(21)22)19-9-2-1-8(5-20(9)12)14(17,18)11(16)7-3-4-23-6-7/h1-6,11H,(H,21,22). The van der Waals surface area contributed by atoms with E-state index in [-0.39, 0.29) is 16.4 Å². The van der Waals surface area contributed by atoms with Gasteiger partial charge in [-0.1, -0.05) is 11.6 Å². The number of fused-ring (bicyclic) bond motifs is 1. The number of halogens is 4. The minimum absolute atomic E-state index is 0.0608. The Morgan fingerprint density at radius 3 is 2.74 bits per heavy atom. The number of carboxylic acid groups (broad SMARTS) is 1. The number of pyridine rings is 1. The fourth-order valence-corrected chi connectivity index (χ4v) is 2.38. The van der Waals surface area contributed by atoms with Crippen molar-refractivity contribution >= 4 is 23.2 Å². The van der Waals surface area contributed by atoms with Gasteiger partial charge in [0.1, 0.15) is 10.8 Å². The average molecular weight is 345 g/mol. The summed E-state index contributed by atoms with van der Waals surface area (Å²) in [5.41, 5.74) is -1.39. The van der Waals surface area contributed by atoms with Gasteiger partial charge in [-0.25, -0.2) is 14.2 Å². The van der Waals surface area contributed by atoms with Gasteiger partial charge in [0.15, 0.2) is 11.9 Å². The molecule has 3 aromatic heterocycles. The van der Waals surface area contributed by atoms with Crippen molar-refractivity contribution in [2.75, 3.05) is 0 Å². The molecule has 0 radical (unpaired) electrons. The molecule has 3 aromatic rings. The van der Waals surface area contributed by atoms with E-state index in [2.05, 4.69) is 9.40 Å². The second-order valence-electron chi connectivity index (χ2n) is 4.74. The third-order valence-corrected chi connectivity index (χ3v) is 3.66. The van der Waals surface area contributed by atoms with Crippen LogP contribution in [-0.4, -0.2) is 20.5 Å². The number of aromatic carboxylic acids is 1. The van der Waals surface area contributed by atoms with Crippen molar-refractivity contribution in [3.8, 4) is 0 Å². The summed E-state index contributed by atoms with van der Waals surface area (Å²) < 4.78 is 48.3. The Bertz CT molecular complexity index is 877. The van der Waals surface area contributed by atoms with Gasteiger partial charge in [0.25, 0.3) is 0 Å². The Morgan fingerprint density at radius 2 is 2.13 bits per heavy atom. The summed E-state index contributed by atoms with van der Waals surface area (Å²) in [6.45, 7) is 0. The molecular formula is C14H8ClF3N2O3. The zero-order valence-electron chi connectivity index (χ0n) is 11.2. The van der Waals surface area contributed by atoms with E-state index in [1.807, 2.05) is 0 Å². The van der Waals surface area contributed by atoms with Gasteiger partial charge >= 0.3 is 11.9 Å². The van der Waals surface area contributed by atoms with E-state index in [0.717, 1.165) is 41.3 Å². The summed E-state index contributed by atoms with van der Waals surface area (Å²) in [5.74, 6) is -5.26. The smallest absolute Gasteiger partial charge is 0.357 e. The number of hydrogen-bond acceptors (Lipinski definition) is 3. The normalized spacial score (nSPS) is 13.4. The van der Waals surface area contributed by atoms with Crippen LogP contribution in [-0.2, 0) is 5.92 Å². The van der Waals surface area contributed by atoms with Crippen LogP contribution in [0.5, 0.6) is 0 Å². The molecule has 0 amide bonds. The number of carbonyl (C=O) groups is 1. The minimum atomic E-state index is -3.87. The SMILES string of the molecule is O=C(O)c1nc2ccc(C(F)(F)C(F)c3ccoc3)cn2c1Cl. The van der Waals surface area contributed by atoms with E-state index in [1.54, 1.807) is 0 Å². The maximum absolute atomic E-state index is 14.3. The maximum Gasteiger partial charge on any atom is 0.357 e. The van der Waals surface area contributed by atoms with Gasteiger partial charge in [-0.05, 0) is 18.2 Å². The van der Waals surface area contributed by atoms with Crippen LogP contribution >= 0.6 is 11.6 Å². The highest BCUT2D eigenvalue weighted by Crippen LogP contribution is 2.43. The number of furan rings is 1. The van der Waals surface area contributed by atoms with Crippen LogP contribution in [0.4, 0.5) is 13.2 Å². The van der Waals surface area contributed by atoms with E-state index < -0.39 is 29.3 Å². The van der Waals surface area contributed by atoms with Crippen LogP contribution in [0.1, 0.15) is 27.8 Å². The van der Waals surface area contributed by atoms with Crippen LogP contribution in [0, 0.1) is 0 Å². The lowest BCUT2D eigenvalue weighted by Gasteiger charge is -2.20. The number of imidazole rings is 1. The summed E-state index contributed by atoms with van der Waals surface area (Å²) in [7, 11) is 0. The second-order valence-corrected chi connectivity index (χ2v) is 5.10. The molecule has 0 saturated heterocycles. The molecule has 120 valence electrons. The average Bonchev–Trinajstić information content (AvgIpc) is 3.14. The Morgan fingerprint density at radius 1 is 1.39 bits per heavy atom. The van der Waals surface area contributed by atoms with E-state index in [0.29, 0.717) is 0 Å². The largest absolute Gasteiger partial charge is 0.476 e. The quantitative estimate of drug-likeness (QED) is 0.774. The molecule has 0 aromatic carbocycles. The Labute approximate surface area is 131 Å². The lowest BCUT2D eigenvalue weighted by Crippen LogP contribution is -2.21. The highest BCUT2D eigenvalue weighted by atomic mass is 35.5. The van der Waals surface area contributed by atoms with Crippen LogP contribution in [0.15, 0.2) is 41.3 Å². The summed E-state index contributed by atoms with van der Waals surface area (Å²) in [4.78, 5) is 14.7. The van der Waals surface area contributed by atoms with Crippen molar-refractivity contribution in [2.45, 2.75) is 12.1 Å². The van der Waals surface area contributed by atoms with Crippen molar-refractivity contribution in [1.82, 2.24) is 9.38 Å². The number of hydrogen-bond donors (Lipinski definition) is 1. The summed E-state index contributed by atoms with van der Waals surface area (Å²) in [6, 6.07) is 3.21. The summed E-state index contributed by atoms with van der Waals surface area (Å²) >= 11 is 5.82. The van der Waals surface area contributed by atoms with Crippen molar-refractivity contribution < 1.29 is 27.5 Å². The maximum atomic E-state index is 14.3. The zero-order chi connectivity index (χ0) is 16.8. The molecule has 0 fully saturated rings. The van der Waals surface area contributed by atoms with Gasteiger partial charge in [0.05, 0.1) is 12.5 Å². The van der Waals surface area contributed by atoms with Gasteiger partial charge in [-0.15, -0.1) is 0 Å². The molecule has 3 rings (SSSR count). The molecule has 1 N–H and O–H groups in total. The number of carboxylic acids is 1. The number of aromatic nitrogens is 2. The summed E-state index contributed by atoms with van der Waals surface area (Å²) in [6.07, 6.45) is 0.223. The van der Waals surface area contributed by atoms with Crippen molar-refractivity contribution in [3.05, 3.63) is 58.9 Å². The predicted octanol–water partition coefficient (Wildman–Crippen LogP) is 4.08. The molecule has 23 heavy (non-hydrogen) atoms. The molecule has 0 aliphatic carbocycles. The molecule has 0 aliphatic heterocycles. The molecule has 0 spiro atoms. The minimum Gasteiger partial charge on any atom is -0.476 e. The third kappa shape index (κ3) is 2.44. The van der Waals surface area contributed by atoms with E-state index in [4.69, 9.17) is 16.7 Å². The first-order valence-corrected chi connectivity index (χ1v) is 6.65. The van der Waals surface area contributed by atoms with Crippen LogP contribution in [0.2, 0.25) is 5.15 Å². The van der Waals surface area contributed by atoms with E-state index in [9.17, 15) is 18.0 Å². The zero-order valence-corrected chi connectivity index (χ0v) is 12.0. The van der Waals surface area contributed by atoms with Crippen LogP contribution < -0.4 is 0 Å². The lowest BCUT2D eigenvalue weighted by atomic mass is 10.0. The Hall–Kier alpha value is -2.48. The predicted molar refractivity (Wildman–Crippen MR) is 73.6 cm³/mol. The van der Waals surface area contributed by atoms with E-state index in [1.165, 1.54) is 0 Å². The van der Waals surface area contributed by atoms with Gasteiger partial charge < -0.3 is 9.52 Å². The highest BCUT2D eigenvalue weighted by molar-refractivity contribution is 6.32. The Balaban J connectivity index is 2.09. The second kappa shape index (κ2) is 5.31. The monoisotopic (exact) mass is 344 g/mol. The highest BCUT2D eigenvalue weighted by Gasteiger charge is 2.44. The first kappa shape index (κ1) is 15.4. The van der Waals surface area contributed by atoms with Gasteiger partial charge in [0, 0.05) is 17.3 Å². The van der Waals surface area contributed by atoms with Crippen LogP contribution in [0.25, 0.3) is 5.65 Å². The fourth-order valence-electron chi connectivity index (χ4n) is 2.12. The van der Waals surface area contributed by atoms with E-state index >= 15 is 0 Å². The van der Waals surface area contributed by atoms with Crippen molar-refractivity contribution in [1.29, 1.82) is 0 Å². The first-order valence-electron chi connectivity index (χ1n) is 6.27. The Kier molecular flexibility index (Phi) is 3.56.